The Kier molecular flexibility index (Phi) is 5.47. The second-order valence-electron chi connectivity index (χ2n) is 7.62. The molecule has 1 aliphatic heterocycles. The summed E-state index contributed by atoms with van der Waals surface area (Å²) >= 11 is 0. The lowest BCUT2D eigenvalue weighted by Gasteiger charge is -2.36. The average molecular weight is 391 g/mol. The van der Waals surface area contributed by atoms with Crippen molar-refractivity contribution >= 4 is 16.7 Å². The van der Waals surface area contributed by atoms with E-state index < -0.39 is 5.91 Å². The van der Waals surface area contributed by atoms with E-state index in [2.05, 4.69) is 28.9 Å². The molecule has 150 valence electrons. The van der Waals surface area contributed by atoms with Gasteiger partial charge in [-0.2, -0.15) is 0 Å². The number of hydrogen-bond acceptors (Lipinski definition) is 5. The van der Waals surface area contributed by atoms with Gasteiger partial charge in [-0.25, -0.2) is 4.98 Å². The van der Waals surface area contributed by atoms with Gasteiger partial charge in [-0.1, -0.05) is 30.3 Å². The second-order valence-corrected chi connectivity index (χ2v) is 7.62. The molecule has 6 heteroatoms. The predicted molar refractivity (Wildman–Crippen MR) is 112 cm³/mol. The number of primary amides is 1. The molecule has 29 heavy (non-hydrogen) atoms. The number of likely N-dealkylation sites (tertiary alicyclic amines) is 1. The number of nitrogens with zero attached hydrogens (tertiary/aromatic N) is 2. The molecule has 0 spiro atoms. The first-order valence-corrected chi connectivity index (χ1v) is 9.87. The van der Waals surface area contributed by atoms with Crippen molar-refractivity contribution in [1.82, 2.24) is 9.88 Å². The van der Waals surface area contributed by atoms with Crippen molar-refractivity contribution in [3.8, 4) is 11.6 Å². The van der Waals surface area contributed by atoms with Crippen molar-refractivity contribution in [3.63, 3.8) is 0 Å². The highest BCUT2D eigenvalue weighted by molar-refractivity contribution is 5.92. The topological polar surface area (TPSA) is 88.7 Å². The fourth-order valence-electron chi connectivity index (χ4n) is 3.91. The number of hydrogen-bond donors (Lipinski definition) is 2. The average Bonchev–Trinajstić information content (AvgIpc) is 2.72. The third kappa shape index (κ3) is 4.23. The lowest BCUT2D eigenvalue weighted by molar-refractivity contribution is 0.0444. The first-order valence-electron chi connectivity index (χ1n) is 9.87. The molecule has 0 bridgehead atoms. The van der Waals surface area contributed by atoms with Crippen molar-refractivity contribution in [2.45, 2.75) is 38.5 Å². The summed E-state index contributed by atoms with van der Waals surface area (Å²) in [4.78, 5) is 17.8. The molecule has 1 aliphatic rings. The van der Waals surface area contributed by atoms with Gasteiger partial charge in [0.15, 0.2) is 0 Å². The van der Waals surface area contributed by atoms with E-state index in [9.17, 15) is 9.90 Å². The Bertz CT molecular complexity index is 1020. The zero-order chi connectivity index (χ0) is 20.4. The van der Waals surface area contributed by atoms with Crippen LogP contribution >= 0.6 is 0 Å². The zero-order valence-electron chi connectivity index (χ0n) is 16.4. The Balaban J connectivity index is 1.60. The van der Waals surface area contributed by atoms with Crippen LogP contribution in [-0.4, -0.2) is 39.6 Å². The summed E-state index contributed by atoms with van der Waals surface area (Å²) in [6.07, 6.45) is 2.85. The van der Waals surface area contributed by atoms with Crippen LogP contribution in [0.15, 0.2) is 54.7 Å². The van der Waals surface area contributed by atoms with Crippen LogP contribution in [0.2, 0.25) is 0 Å². The number of pyridine rings is 1. The summed E-state index contributed by atoms with van der Waals surface area (Å²) in [5.74, 6) is 0.607. The number of aromatic nitrogens is 1. The Hall–Kier alpha value is -2.96. The number of piperidine rings is 1. The number of ether oxygens (including phenoxy) is 1. The molecule has 1 fully saturated rings. The van der Waals surface area contributed by atoms with E-state index in [0.29, 0.717) is 23.2 Å². The molecule has 1 aromatic heterocycles. The van der Waals surface area contributed by atoms with Crippen molar-refractivity contribution in [2.75, 3.05) is 6.54 Å². The first-order chi connectivity index (χ1) is 14.0. The number of carbonyl (C=O) groups excluding carboxylic acids is 1. The summed E-state index contributed by atoms with van der Waals surface area (Å²) in [7, 11) is 0. The summed E-state index contributed by atoms with van der Waals surface area (Å²) in [6.45, 7) is 3.90. The van der Waals surface area contributed by atoms with Crippen LogP contribution in [0.4, 0.5) is 0 Å². The van der Waals surface area contributed by atoms with Gasteiger partial charge in [-0.3, -0.25) is 9.69 Å². The molecule has 6 nitrogen and oxygen atoms in total. The van der Waals surface area contributed by atoms with Gasteiger partial charge in [-0.15, -0.1) is 0 Å². The van der Waals surface area contributed by atoms with Gasteiger partial charge in [0.25, 0.3) is 0 Å². The molecule has 0 aliphatic carbocycles. The maximum absolute atomic E-state index is 11.2. The molecule has 2 heterocycles. The van der Waals surface area contributed by atoms with Gasteiger partial charge in [0.2, 0.25) is 11.8 Å². The minimum atomic E-state index is -0.515. The van der Waals surface area contributed by atoms with Crippen LogP contribution in [-0.2, 0) is 6.54 Å². The number of fused-ring (bicyclic) bond motifs is 1. The van der Waals surface area contributed by atoms with Crippen LogP contribution < -0.4 is 10.5 Å². The van der Waals surface area contributed by atoms with E-state index in [1.807, 2.05) is 24.3 Å². The largest absolute Gasteiger partial charge is 0.438 e. The Morgan fingerprint density at radius 1 is 1.21 bits per heavy atom. The standard InChI is InChI=1S/C23H25N3O3/c1-15-12-18(27)10-11-26(15)14-17-6-8-21(20-5-3-2-4-19(17)20)29-22-9-7-16(13-25-22)23(24)28/h2-9,13,15,18,27H,10-12,14H2,1H3,(H2,24,28). The second kappa shape index (κ2) is 8.19. The van der Waals surface area contributed by atoms with Crippen LogP contribution in [0.1, 0.15) is 35.7 Å². The van der Waals surface area contributed by atoms with E-state index in [1.165, 1.54) is 11.8 Å². The van der Waals surface area contributed by atoms with Crippen LogP contribution in [0, 0.1) is 0 Å². The first kappa shape index (κ1) is 19.4. The summed E-state index contributed by atoms with van der Waals surface area (Å²) < 4.78 is 6.00. The van der Waals surface area contributed by atoms with Gasteiger partial charge in [-0.05, 0) is 42.8 Å². The van der Waals surface area contributed by atoms with Crippen LogP contribution in [0.25, 0.3) is 10.8 Å². The van der Waals surface area contributed by atoms with Gasteiger partial charge in [0.1, 0.15) is 5.75 Å². The van der Waals surface area contributed by atoms with E-state index in [4.69, 9.17) is 10.5 Å². The number of aliphatic hydroxyl groups is 1. The van der Waals surface area contributed by atoms with Gasteiger partial charge < -0.3 is 15.6 Å². The summed E-state index contributed by atoms with van der Waals surface area (Å²) in [5.41, 5.74) is 6.84. The van der Waals surface area contributed by atoms with Crippen LogP contribution in [0.3, 0.4) is 0 Å². The molecule has 0 saturated carbocycles. The smallest absolute Gasteiger partial charge is 0.250 e. The van der Waals surface area contributed by atoms with E-state index in [-0.39, 0.29) is 6.10 Å². The fraction of sp³-hybridized carbons (Fsp3) is 0.304. The molecule has 4 rings (SSSR count). The highest BCUT2D eigenvalue weighted by atomic mass is 16.5. The van der Waals surface area contributed by atoms with Crippen molar-refractivity contribution in [3.05, 3.63) is 65.9 Å². The molecule has 1 amide bonds. The number of nitrogens with two attached hydrogens (primary N) is 1. The SMILES string of the molecule is CC1CC(O)CCN1Cc1ccc(Oc2ccc(C(N)=O)cn2)c2ccccc12. The minimum Gasteiger partial charge on any atom is -0.438 e. The number of rotatable bonds is 5. The highest BCUT2D eigenvalue weighted by Gasteiger charge is 2.24. The van der Waals surface area contributed by atoms with Crippen LogP contribution in [0.5, 0.6) is 11.6 Å². The van der Waals surface area contributed by atoms with Crippen molar-refractivity contribution < 1.29 is 14.6 Å². The maximum Gasteiger partial charge on any atom is 0.250 e. The van der Waals surface area contributed by atoms with Crippen molar-refractivity contribution in [2.24, 2.45) is 5.73 Å². The van der Waals surface area contributed by atoms with E-state index >= 15 is 0 Å². The monoisotopic (exact) mass is 391 g/mol. The number of amides is 1. The maximum atomic E-state index is 11.2. The minimum absolute atomic E-state index is 0.192. The molecular formula is C23H25N3O3. The molecule has 3 N–H and O–H groups in total. The molecule has 2 unspecified atom stereocenters. The fourth-order valence-corrected chi connectivity index (χ4v) is 3.91. The highest BCUT2D eigenvalue weighted by Crippen LogP contribution is 2.33. The third-order valence-corrected chi connectivity index (χ3v) is 5.57. The molecule has 2 atom stereocenters. The lowest BCUT2D eigenvalue weighted by atomic mass is 9.98. The molecule has 2 aromatic carbocycles. The zero-order valence-corrected chi connectivity index (χ0v) is 16.4. The van der Waals surface area contributed by atoms with E-state index in [0.717, 1.165) is 36.7 Å². The normalized spacial score (nSPS) is 19.9. The Morgan fingerprint density at radius 2 is 2.00 bits per heavy atom. The number of aliphatic hydroxyl groups excluding tert-OH is 1. The quantitative estimate of drug-likeness (QED) is 0.695. The van der Waals surface area contributed by atoms with Gasteiger partial charge in [0.05, 0.1) is 11.7 Å². The molecule has 3 aromatic rings. The predicted octanol–water partition coefficient (Wildman–Crippen LogP) is 3.47. The molecule has 1 saturated heterocycles. The molecular weight excluding hydrogens is 366 g/mol. The summed E-state index contributed by atoms with van der Waals surface area (Å²) in [5, 5.41) is 12.0. The lowest BCUT2D eigenvalue weighted by Crippen LogP contribution is -2.42. The molecule has 0 radical (unpaired) electrons. The third-order valence-electron chi connectivity index (χ3n) is 5.57. The van der Waals surface area contributed by atoms with Gasteiger partial charge >= 0.3 is 0 Å². The van der Waals surface area contributed by atoms with E-state index in [1.54, 1.807) is 12.1 Å². The number of carbonyl (C=O) groups is 1. The summed E-state index contributed by atoms with van der Waals surface area (Å²) in [6, 6.07) is 15.8. The number of benzene rings is 2. The van der Waals surface area contributed by atoms with Crippen molar-refractivity contribution in [1.29, 1.82) is 0 Å². The Labute approximate surface area is 169 Å². The van der Waals surface area contributed by atoms with Gasteiger partial charge in [0, 0.05) is 36.8 Å². The Morgan fingerprint density at radius 3 is 2.69 bits per heavy atom.